The molecule has 0 unspecified atom stereocenters. The molecule has 41 nitrogen and oxygen atoms in total. The molecule has 0 aromatic rings. The SMILES string of the molecule is CC(=O)N[C@H]1[C@H](O[C@@H]2[C@H](O[C@]3(C(=O)O)C[C@H](O)[C@@H](NC(C)=O)[C@H]([C@H](O)[C@@H](CO)O[C@]4(C(=O)O)C[C@H](O)[C@@H](NC(C)=O)[C@H]([C@H](O)[C@H](O)COC(C)=O)O4)O3)[C@@H](O)[C@H](O[C@H]3[C@H](O)[C@@H](O)[C@H](O)O[C@@H]3CO)O[C@@H]2CO)O[C@H](CO)[C@H](O)[C@@H]1O[C@@H]1O[C@H](CO)[C@H](O)[C@H](O)[C@H]1O. The monoisotopic (exact) mass is 1330 g/mol. The van der Waals surface area contributed by atoms with Crippen molar-refractivity contribution < 1.29 is 188 Å². The zero-order valence-corrected chi connectivity index (χ0v) is 48.8. The van der Waals surface area contributed by atoms with Crippen LogP contribution in [-0.2, 0) is 85.6 Å². The summed E-state index contributed by atoms with van der Waals surface area (Å²) in [6.07, 6.45) is -63.1. The van der Waals surface area contributed by atoms with Crippen LogP contribution in [0.1, 0.15) is 40.5 Å². The Balaban J connectivity index is 1.45. The van der Waals surface area contributed by atoms with Gasteiger partial charge in [-0.3, -0.25) is 19.2 Å². The zero-order valence-electron chi connectivity index (χ0n) is 48.8. The van der Waals surface area contributed by atoms with Gasteiger partial charge in [0.1, 0.15) is 141 Å². The molecular weight excluding hydrogens is 1250 g/mol. The largest absolute Gasteiger partial charge is 0.477 e. The molecule has 32 atom stereocenters. The molecular formula is C50H81N3O38. The van der Waals surface area contributed by atoms with Crippen LogP contribution in [0.5, 0.6) is 0 Å². The molecule has 6 saturated heterocycles. The third kappa shape index (κ3) is 16.8. The smallest absolute Gasteiger partial charge is 0.364 e. The molecule has 6 fully saturated rings. The van der Waals surface area contributed by atoms with Gasteiger partial charge in [0.05, 0.1) is 57.3 Å². The van der Waals surface area contributed by atoms with E-state index in [1.54, 1.807) is 0 Å². The molecule has 3 amide bonds. The second kappa shape index (κ2) is 31.9. The Morgan fingerprint density at radius 2 is 0.934 bits per heavy atom. The van der Waals surface area contributed by atoms with E-state index in [9.17, 15) is 131 Å². The molecule has 0 aliphatic carbocycles. The van der Waals surface area contributed by atoms with Crippen LogP contribution < -0.4 is 16.0 Å². The zero-order chi connectivity index (χ0) is 68.0. The topological polar surface area (TPSA) is 654 Å². The fraction of sp³-hybridized carbons (Fsp3) is 0.880. The van der Waals surface area contributed by atoms with Gasteiger partial charge in [-0.1, -0.05) is 0 Å². The van der Waals surface area contributed by atoms with Gasteiger partial charge < -0.3 is 175 Å². The van der Waals surface area contributed by atoms with Crippen LogP contribution in [-0.4, -0.2) is 373 Å². The number of nitrogens with one attached hydrogen (secondary N) is 3. The maximum atomic E-state index is 14.0. The van der Waals surface area contributed by atoms with Gasteiger partial charge in [0.15, 0.2) is 25.2 Å². The van der Waals surface area contributed by atoms with Gasteiger partial charge in [0.25, 0.3) is 11.6 Å². The highest BCUT2D eigenvalue weighted by atomic mass is 16.8. The number of hydrogen-bond donors (Lipinski definition) is 23. The average Bonchev–Trinajstić information content (AvgIpc) is 0.772. The number of rotatable bonds is 26. The first-order valence-corrected chi connectivity index (χ1v) is 28.3. The number of aliphatic hydroxyl groups excluding tert-OH is 18. The second-order valence-electron chi connectivity index (χ2n) is 22.4. The normalized spacial score (nSPS) is 43.5. The number of esters is 1. The molecule has 0 bridgehead atoms. The first-order chi connectivity index (χ1) is 42.6. The number of carbonyl (C=O) groups is 6. The van der Waals surface area contributed by atoms with Gasteiger partial charge in [-0.25, -0.2) is 9.59 Å². The van der Waals surface area contributed by atoms with Crippen molar-refractivity contribution in [3.63, 3.8) is 0 Å². The highest BCUT2D eigenvalue weighted by molar-refractivity contribution is 5.77. The molecule has 524 valence electrons. The number of carboxylic acid groups (broad SMARTS) is 2. The molecule has 0 radical (unpaired) electrons. The van der Waals surface area contributed by atoms with E-state index in [0.29, 0.717) is 0 Å². The van der Waals surface area contributed by atoms with Gasteiger partial charge in [-0.2, -0.15) is 0 Å². The van der Waals surface area contributed by atoms with Gasteiger partial charge in [0, 0.05) is 40.5 Å². The van der Waals surface area contributed by atoms with Crippen molar-refractivity contribution >= 4 is 35.6 Å². The minimum Gasteiger partial charge on any atom is -0.477 e. The van der Waals surface area contributed by atoms with Crippen LogP contribution in [0.25, 0.3) is 0 Å². The third-order valence-corrected chi connectivity index (χ3v) is 15.9. The van der Waals surface area contributed by atoms with Gasteiger partial charge in [0.2, 0.25) is 17.7 Å². The number of ether oxygens (including phenoxy) is 12. The Kier molecular flexibility index (Phi) is 26.6. The summed E-state index contributed by atoms with van der Waals surface area (Å²) >= 11 is 0. The molecule has 6 rings (SSSR count). The molecule has 6 aliphatic rings. The highest BCUT2D eigenvalue weighted by Gasteiger charge is 2.64. The third-order valence-electron chi connectivity index (χ3n) is 15.9. The lowest BCUT2D eigenvalue weighted by atomic mass is 9.87. The summed E-state index contributed by atoms with van der Waals surface area (Å²) in [5.74, 6) is -15.6. The molecule has 0 aromatic carbocycles. The predicted octanol–water partition coefficient (Wildman–Crippen LogP) is -14.7. The lowest BCUT2D eigenvalue weighted by molar-refractivity contribution is -0.403. The van der Waals surface area contributed by atoms with Crippen molar-refractivity contribution in [2.24, 2.45) is 0 Å². The first kappa shape index (κ1) is 75.7. The average molecular weight is 1330 g/mol. The Bertz CT molecular complexity index is 2440. The molecule has 41 heteroatoms. The van der Waals surface area contributed by atoms with E-state index in [1.165, 1.54) is 0 Å². The summed E-state index contributed by atoms with van der Waals surface area (Å²) < 4.78 is 68.4. The fourth-order valence-electron chi connectivity index (χ4n) is 11.3. The van der Waals surface area contributed by atoms with E-state index in [0.717, 1.165) is 27.7 Å². The Morgan fingerprint density at radius 1 is 0.484 bits per heavy atom. The van der Waals surface area contributed by atoms with Crippen molar-refractivity contribution in [1.82, 2.24) is 16.0 Å². The van der Waals surface area contributed by atoms with E-state index in [-0.39, 0.29) is 0 Å². The molecule has 91 heavy (non-hydrogen) atoms. The van der Waals surface area contributed by atoms with Crippen LogP contribution >= 0.6 is 0 Å². The fourth-order valence-corrected chi connectivity index (χ4v) is 11.3. The number of amides is 3. The van der Waals surface area contributed by atoms with Crippen LogP contribution in [0.4, 0.5) is 0 Å². The predicted molar refractivity (Wildman–Crippen MR) is 278 cm³/mol. The van der Waals surface area contributed by atoms with Crippen molar-refractivity contribution in [1.29, 1.82) is 0 Å². The number of aliphatic hydroxyl groups is 18. The molecule has 23 N–H and O–H groups in total. The summed E-state index contributed by atoms with van der Waals surface area (Å²) in [6, 6.07) is -5.90. The van der Waals surface area contributed by atoms with Gasteiger partial charge >= 0.3 is 17.9 Å². The van der Waals surface area contributed by atoms with Crippen molar-refractivity contribution in [3.8, 4) is 0 Å². The highest BCUT2D eigenvalue weighted by Crippen LogP contribution is 2.42. The standard InChI is InChI=1S/C50H81N3O38/c1-13(59)51-25-17(63)5-49(47(76)77,89-40(25)28(66)19(65)12-80-16(4)62)88-22(9-56)31(69)41-26(52-14(2)60)18(64)6-50(90-41,48(78)79)91-42-36(74)46(85-37-23(10-57)81-43(75)34(72)33(37)71)84-24(11-58)38(42)86-44-27(53-15(3)61)39(30(68)21(8-55)82-44)87-45-35(73)32(70)29(67)20(7-54)83-45/h17-46,54-58,63-75H,5-12H2,1-4H3,(H,51,59)(H,52,60)(H,53,61)(H,76,77)(H,78,79)/t17-,18-,19+,20+,21+,22+,23+,24+,25+,26+,27+,28+,29-,30-,31+,32-,33+,34+,35+,36+,37+,38-,39+,40+,41+,42+,43+,44-,45-,46-,49+,50-/m0/s1. The van der Waals surface area contributed by atoms with Gasteiger partial charge in [-0.15, -0.1) is 0 Å². The quantitative estimate of drug-likeness (QED) is 0.0358. The van der Waals surface area contributed by atoms with Crippen molar-refractivity contribution in [2.45, 2.75) is 236 Å². The lowest BCUT2D eigenvalue weighted by Gasteiger charge is -2.53. The minimum absolute atomic E-state index is 0.849. The Morgan fingerprint density at radius 3 is 1.45 bits per heavy atom. The Labute approximate surface area is 513 Å². The number of carbonyl (C=O) groups excluding carboxylic acids is 4. The van der Waals surface area contributed by atoms with Crippen LogP contribution in [0, 0.1) is 0 Å². The lowest BCUT2D eigenvalue weighted by Crippen LogP contribution is -2.73. The Hall–Kier alpha value is -4.34. The van der Waals surface area contributed by atoms with Crippen molar-refractivity contribution in [2.75, 3.05) is 39.6 Å². The first-order valence-electron chi connectivity index (χ1n) is 28.3. The second-order valence-corrected chi connectivity index (χ2v) is 22.4. The maximum absolute atomic E-state index is 14.0. The molecule has 0 saturated carbocycles. The van der Waals surface area contributed by atoms with Gasteiger partial charge in [-0.05, 0) is 0 Å². The summed E-state index contributed by atoms with van der Waals surface area (Å²) in [5, 5.41) is 227. The van der Waals surface area contributed by atoms with E-state index in [2.05, 4.69) is 16.0 Å². The summed E-state index contributed by atoms with van der Waals surface area (Å²) in [6.45, 7) is -3.60. The summed E-state index contributed by atoms with van der Waals surface area (Å²) in [7, 11) is 0. The van der Waals surface area contributed by atoms with E-state index in [1.807, 2.05) is 0 Å². The van der Waals surface area contributed by atoms with Crippen LogP contribution in [0.15, 0.2) is 0 Å². The molecule has 0 aromatic heterocycles. The van der Waals surface area contributed by atoms with E-state index >= 15 is 0 Å². The van der Waals surface area contributed by atoms with Crippen LogP contribution in [0.2, 0.25) is 0 Å². The number of aliphatic carboxylic acids is 2. The number of carboxylic acids is 2. The van der Waals surface area contributed by atoms with E-state index < -0.39 is 283 Å². The molecule has 0 spiro atoms. The van der Waals surface area contributed by atoms with Crippen molar-refractivity contribution in [3.05, 3.63) is 0 Å². The molecule has 6 heterocycles. The molecule has 6 aliphatic heterocycles. The summed E-state index contributed by atoms with van der Waals surface area (Å²) in [4.78, 5) is 77.0. The van der Waals surface area contributed by atoms with Crippen LogP contribution in [0.3, 0.4) is 0 Å². The minimum atomic E-state index is -3.65. The number of hydrogen-bond acceptors (Lipinski definition) is 36. The summed E-state index contributed by atoms with van der Waals surface area (Å²) in [5.41, 5.74) is 0. The van der Waals surface area contributed by atoms with E-state index in [4.69, 9.17) is 56.8 Å². The maximum Gasteiger partial charge on any atom is 0.364 e.